The second-order valence-corrected chi connectivity index (χ2v) is 5.74. The first kappa shape index (κ1) is 11.3. The molecule has 0 unspecified atom stereocenters. The molecule has 7 heteroatoms. The molecule has 0 spiro atoms. The zero-order valence-electron chi connectivity index (χ0n) is 6.53. The van der Waals surface area contributed by atoms with Gasteiger partial charge in [0.25, 0.3) is 9.05 Å². The number of nitrogens with zero attached hydrogens (tertiary/aromatic N) is 1. The van der Waals surface area contributed by atoms with Gasteiger partial charge in [-0.15, -0.1) is 0 Å². The first-order valence-corrected chi connectivity index (χ1v) is 6.33. The van der Waals surface area contributed by atoms with E-state index in [1.54, 1.807) is 6.07 Å². The molecule has 74 valence electrons. The minimum atomic E-state index is -4.03. The smallest absolute Gasteiger partial charge is 0.262 e. The molecule has 4 nitrogen and oxygen atoms in total. The summed E-state index contributed by atoms with van der Waals surface area (Å²) in [5, 5.41) is 17.8. The molecule has 0 aliphatic carbocycles. The normalized spacial score (nSPS) is 10.9. The van der Waals surface area contributed by atoms with Gasteiger partial charge in [0.05, 0.1) is 5.56 Å². The summed E-state index contributed by atoms with van der Waals surface area (Å²) in [6.45, 7) is 0. The summed E-state index contributed by atoms with van der Waals surface area (Å²) in [5.74, 6) is -0.282. The molecule has 1 rings (SSSR count). The molecule has 0 aliphatic rings. The molecule has 0 bridgehead atoms. The van der Waals surface area contributed by atoms with Crippen molar-refractivity contribution in [3.63, 3.8) is 0 Å². The first-order chi connectivity index (χ1) is 6.36. The van der Waals surface area contributed by atoms with Crippen LogP contribution in [0.15, 0.2) is 21.5 Å². The van der Waals surface area contributed by atoms with Crippen LogP contribution in [0.5, 0.6) is 5.75 Å². The van der Waals surface area contributed by atoms with E-state index in [9.17, 15) is 8.42 Å². The Bertz CT molecular complexity index is 520. The fraction of sp³-hybridized carbons (Fsp3) is 0. The minimum Gasteiger partial charge on any atom is -0.508 e. The van der Waals surface area contributed by atoms with Crippen LogP contribution in [0.25, 0.3) is 0 Å². The number of rotatable bonds is 1. The molecule has 0 fully saturated rings. The van der Waals surface area contributed by atoms with Crippen molar-refractivity contribution in [3.8, 4) is 11.8 Å². The van der Waals surface area contributed by atoms with Crippen molar-refractivity contribution in [2.75, 3.05) is 0 Å². The quantitative estimate of drug-likeness (QED) is 0.804. The summed E-state index contributed by atoms with van der Waals surface area (Å²) < 4.78 is 22.2. The van der Waals surface area contributed by atoms with Crippen LogP contribution in [0.4, 0.5) is 0 Å². The highest BCUT2D eigenvalue weighted by atomic mass is 79.9. The van der Waals surface area contributed by atoms with Crippen molar-refractivity contribution in [2.45, 2.75) is 4.90 Å². The van der Waals surface area contributed by atoms with Gasteiger partial charge in [-0.25, -0.2) is 8.42 Å². The fourth-order valence-corrected chi connectivity index (χ4v) is 2.56. The number of hydrogen-bond acceptors (Lipinski definition) is 4. The molecule has 0 radical (unpaired) electrons. The SMILES string of the molecule is N#Cc1c(Br)cc(O)cc1S(=O)(=O)Cl. The van der Waals surface area contributed by atoms with Crippen LogP contribution in [0.3, 0.4) is 0 Å². The first-order valence-electron chi connectivity index (χ1n) is 3.23. The van der Waals surface area contributed by atoms with Gasteiger partial charge in [-0.3, -0.25) is 0 Å². The number of hydrogen-bond donors (Lipinski definition) is 1. The maximum Gasteiger partial charge on any atom is 0.262 e. The summed E-state index contributed by atoms with van der Waals surface area (Å²) in [7, 11) is 1.04. The number of nitriles is 1. The topological polar surface area (TPSA) is 78.2 Å². The summed E-state index contributed by atoms with van der Waals surface area (Å²) in [6.07, 6.45) is 0. The molecule has 0 amide bonds. The van der Waals surface area contributed by atoms with Crippen LogP contribution in [-0.2, 0) is 9.05 Å². The van der Waals surface area contributed by atoms with Crippen molar-refractivity contribution in [1.29, 1.82) is 5.26 Å². The van der Waals surface area contributed by atoms with Crippen LogP contribution in [0, 0.1) is 11.3 Å². The Morgan fingerprint density at radius 2 is 2.07 bits per heavy atom. The molecular formula is C7H3BrClNO3S. The lowest BCUT2D eigenvalue weighted by Crippen LogP contribution is -1.95. The standard InChI is InChI=1S/C7H3BrClNO3S/c8-6-1-4(11)2-7(5(6)3-10)14(9,12)13/h1-2,11H. The molecule has 0 heterocycles. The molecule has 0 saturated heterocycles. The van der Waals surface area contributed by atoms with Crippen molar-refractivity contribution >= 4 is 35.7 Å². The maximum atomic E-state index is 11.0. The molecule has 1 aromatic rings. The van der Waals surface area contributed by atoms with Crippen molar-refractivity contribution in [2.24, 2.45) is 0 Å². The largest absolute Gasteiger partial charge is 0.508 e. The van der Waals surface area contributed by atoms with Crippen LogP contribution in [-0.4, -0.2) is 13.5 Å². The van der Waals surface area contributed by atoms with Gasteiger partial charge in [-0.05, 0) is 22.0 Å². The fourth-order valence-electron chi connectivity index (χ4n) is 0.869. The minimum absolute atomic E-state index is 0.127. The predicted molar refractivity (Wildman–Crippen MR) is 53.6 cm³/mol. The average molecular weight is 297 g/mol. The van der Waals surface area contributed by atoms with E-state index < -0.39 is 13.9 Å². The van der Waals surface area contributed by atoms with E-state index in [0.29, 0.717) is 0 Å². The molecule has 0 saturated carbocycles. The van der Waals surface area contributed by atoms with Crippen molar-refractivity contribution in [3.05, 3.63) is 22.2 Å². The Balaban J connectivity index is 3.68. The van der Waals surface area contributed by atoms with Gasteiger partial charge >= 0.3 is 0 Å². The van der Waals surface area contributed by atoms with Gasteiger partial charge in [0.15, 0.2) is 0 Å². The lowest BCUT2D eigenvalue weighted by Gasteiger charge is -2.02. The van der Waals surface area contributed by atoms with E-state index in [2.05, 4.69) is 15.9 Å². The second kappa shape index (κ2) is 3.77. The Kier molecular flexibility index (Phi) is 3.04. The third kappa shape index (κ3) is 2.18. The van der Waals surface area contributed by atoms with Crippen molar-refractivity contribution < 1.29 is 13.5 Å². The highest BCUT2D eigenvalue weighted by Gasteiger charge is 2.19. The van der Waals surface area contributed by atoms with E-state index in [0.717, 1.165) is 6.07 Å². The van der Waals surface area contributed by atoms with Crippen LogP contribution in [0.2, 0.25) is 0 Å². The van der Waals surface area contributed by atoms with E-state index in [1.165, 1.54) is 6.07 Å². The third-order valence-electron chi connectivity index (χ3n) is 1.41. The van der Waals surface area contributed by atoms with E-state index in [1.807, 2.05) is 0 Å². The average Bonchev–Trinajstić information content (AvgIpc) is 2.01. The van der Waals surface area contributed by atoms with Gasteiger partial charge in [-0.1, -0.05) is 0 Å². The van der Waals surface area contributed by atoms with Gasteiger partial charge in [0.1, 0.15) is 16.7 Å². The summed E-state index contributed by atoms with van der Waals surface area (Å²) in [5.41, 5.74) is -0.127. The predicted octanol–water partition coefficient (Wildman–Crippen LogP) is 1.95. The molecule has 0 atom stereocenters. The number of benzene rings is 1. The third-order valence-corrected chi connectivity index (χ3v) is 3.38. The molecule has 14 heavy (non-hydrogen) atoms. The Hall–Kier alpha value is -0.770. The van der Waals surface area contributed by atoms with Crippen LogP contribution in [0.1, 0.15) is 5.56 Å². The van der Waals surface area contributed by atoms with E-state index in [-0.39, 0.29) is 15.8 Å². The Morgan fingerprint density at radius 3 is 2.50 bits per heavy atom. The highest BCUT2D eigenvalue weighted by molar-refractivity contribution is 9.10. The summed E-state index contributed by atoms with van der Waals surface area (Å²) in [6, 6.07) is 3.81. The Labute approximate surface area is 93.3 Å². The number of halogens is 2. The zero-order valence-corrected chi connectivity index (χ0v) is 9.69. The lowest BCUT2D eigenvalue weighted by molar-refractivity contribution is 0.472. The van der Waals surface area contributed by atoms with Gasteiger partial charge in [0.2, 0.25) is 0 Å². The molecule has 0 aromatic heterocycles. The zero-order chi connectivity index (χ0) is 10.9. The Morgan fingerprint density at radius 1 is 1.50 bits per heavy atom. The lowest BCUT2D eigenvalue weighted by atomic mass is 10.2. The highest BCUT2D eigenvalue weighted by Crippen LogP contribution is 2.30. The van der Waals surface area contributed by atoms with E-state index in [4.69, 9.17) is 21.1 Å². The van der Waals surface area contributed by atoms with Gasteiger partial charge in [-0.2, -0.15) is 5.26 Å². The molecule has 1 N–H and O–H groups in total. The molecule has 0 aliphatic heterocycles. The summed E-state index contributed by atoms with van der Waals surface area (Å²) >= 11 is 2.94. The second-order valence-electron chi connectivity index (χ2n) is 2.35. The summed E-state index contributed by atoms with van der Waals surface area (Å²) in [4.78, 5) is -0.409. The van der Waals surface area contributed by atoms with Gasteiger partial charge < -0.3 is 5.11 Å². The number of phenols is 1. The molecule has 1 aromatic carbocycles. The monoisotopic (exact) mass is 295 g/mol. The van der Waals surface area contributed by atoms with Gasteiger partial charge in [0, 0.05) is 21.2 Å². The van der Waals surface area contributed by atoms with Crippen LogP contribution < -0.4 is 0 Å². The number of aromatic hydroxyl groups is 1. The van der Waals surface area contributed by atoms with Crippen molar-refractivity contribution in [1.82, 2.24) is 0 Å². The number of phenolic OH excluding ortho intramolecular Hbond substituents is 1. The molecular weight excluding hydrogens is 294 g/mol. The van der Waals surface area contributed by atoms with Crippen LogP contribution >= 0.6 is 26.6 Å². The van der Waals surface area contributed by atoms with E-state index >= 15 is 0 Å². The maximum absolute atomic E-state index is 11.0.